The molecule has 4 aliphatic heterocycles. The normalized spacial score (nSPS) is 43.8. The van der Waals surface area contributed by atoms with E-state index in [1.165, 1.54) is 12.5 Å². The SMILES string of the molecule is CC(=O)O/N=C1/C(C)=C[C@H]2C(=O)O[C@H]3C[C@@H](C/C=C(\C)C[C@@H](C)/C=C/C=C4\CO[C@H]1[C@@]42O)O[C@@]1(CC[C@H](C)[C@@H](C(C)C)O1)C3. The minimum atomic E-state index is -1.77. The zero-order chi connectivity index (χ0) is 31.8. The van der Waals surface area contributed by atoms with Gasteiger partial charge in [-0.2, -0.15) is 0 Å². The van der Waals surface area contributed by atoms with E-state index in [4.69, 9.17) is 23.8 Å². The van der Waals surface area contributed by atoms with Gasteiger partial charge in [0.15, 0.2) is 5.79 Å². The first kappa shape index (κ1) is 32.8. The third-order valence-electron chi connectivity index (χ3n) is 9.78. The number of hydrogen-bond donors (Lipinski definition) is 1. The molecular weight excluding hydrogens is 562 g/mol. The van der Waals surface area contributed by atoms with Crippen molar-refractivity contribution in [3.8, 4) is 0 Å². The summed E-state index contributed by atoms with van der Waals surface area (Å²) in [7, 11) is 0. The quantitative estimate of drug-likeness (QED) is 0.182. The van der Waals surface area contributed by atoms with Crippen molar-refractivity contribution in [3.05, 3.63) is 47.1 Å². The van der Waals surface area contributed by atoms with Crippen LogP contribution in [0.5, 0.6) is 0 Å². The highest BCUT2D eigenvalue weighted by atomic mass is 16.7. The van der Waals surface area contributed by atoms with E-state index in [0.717, 1.165) is 19.3 Å². The number of nitrogens with zero attached hydrogens (tertiary/aromatic N) is 1. The zero-order valence-electron chi connectivity index (χ0n) is 27.2. The fourth-order valence-electron chi connectivity index (χ4n) is 7.58. The molecule has 0 aromatic heterocycles. The van der Waals surface area contributed by atoms with Gasteiger partial charge in [-0.1, -0.05) is 68.8 Å². The molecule has 1 N–H and O–H groups in total. The number of carbonyl (C=O) groups is 2. The van der Waals surface area contributed by atoms with Crippen molar-refractivity contribution < 1.29 is 38.5 Å². The maximum atomic E-state index is 14.1. The molecule has 44 heavy (non-hydrogen) atoms. The highest BCUT2D eigenvalue weighted by molar-refractivity contribution is 6.07. The van der Waals surface area contributed by atoms with Crippen molar-refractivity contribution in [3.63, 3.8) is 0 Å². The predicted octanol–water partition coefficient (Wildman–Crippen LogP) is 5.73. The van der Waals surface area contributed by atoms with Gasteiger partial charge in [0.2, 0.25) is 0 Å². The van der Waals surface area contributed by atoms with E-state index in [2.05, 4.69) is 51.9 Å². The van der Waals surface area contributed by atoms with E-state index in [-0.39, 0.29) is 30.4 Å². The fraction of sp³-hybridized carbons (Fsp3) is 0.686. The van der Waals surface area contributed by atoms with Crippen LogP contribution < -0.4 is 0 Å². The molecule has 2 bridgehead atoms. The number of hydrogen-bond acceptors (Lipinski definition) is 9. The summed E-state index contributed by atoms with van der Waals surface area (Å²) in [6, 6.07) is 0. The molecule has 9 heteroatoms. The van der Waals surface area contributed by atoms with Gasteiger partial charge in [-0.05, 0) is 62.0 Å². The molecule has 4 heterocycles. The summed E-state index contributed by atoms with van der Waals surface area (Å²) < 4.78 is 25.9. The third-order valence-corrected chi connectivity index (χ3v) is 9.78. The Morgan fingerprint density at radius 3 is 2.68 bits per heavy atom. The van der Waals surface area contributed by atoms with E-state index in [0.29, 0.717) is 42.2 Å². The van der Waals surface area contributed by atoms with Crippen molar-refractivity contribution >= 4 is 17.7 Å². The second-order valence-corrected chi connectivity index (χ2v) is 13.9. The molecule has 0 unspecified atom stereocenters. The lowest BCUT2D eigenvalue weighted by Crippen LogP contribution is -2.57. The van der Waals surface area contributed by atoms with Crippen molar-refractivity contribution in [1.82, 2.24) is 0 Å². The number of fused-ring (bicyclic) bond motifs is 2. The van der Waals surface area contributed by atoms with Gasteiger partial charge < -0.3 is 28.9 Å². The monoisotopic (exact) mass is 611 g/mol. The van der Waals surface area contributed by atoms with E-state index in [1.54, 1.807) is 13.0 Å². The highest BCUT2D eigenvalue weighted by Crippen LogP contribution is 2.47. The molecule has 0 aromatic rings. The van der Waals surface area contributed by atoms with E-state index < -0.39 is 41.5 Å². The number of oxime groups is 1. The Hall–Kier alpha value is -2.59. The maximum absolute atomic E-state index is 14.1. The summed E-state index contributed by atoms with van der Waals surface area (Å²) in [5.41, 5.74) is 0.889. The summed E-state index contributed by atoms with van der Waals surface area (Å²) in [6.45, 7) is 14.0. The van der Waals surface area contributed by atoms with Gasteiger partial charge in [0.1, 0.15) is 29.4 Å². The molecule has 1 spiro atoms. The van der Waals surface area contributed by atoms with Crippen LogP contribution in [0.2, 0.25) is 0 Å². The average Bonchev–Trinajstić information content (AvgIpc) is 3.28. The lowest BCUT2D eigenvalue weighted by atomic mass is 9.71. The zero-order valence-corrected chi connectivity index (χ0v) is 27.2. The van der Waals surface area contributed by atoms with Crippen LogP contribution in [0.15, 0.2) is 52.3 Å². The highest BCUT2D eigenvalue weighted by Gasteiger charge is 2.60. The van der Waals surface area contributed by atoms with Crippen molar-refractivity contribution in [2.75, 3.05) is 6.61 Å². The Balaban J connectivity index is 1.54. The second kappa shape index (κ2) is 13.0. The number of rotatable bonds is 2. The van der Waals surface area contributed by atoms with Gasteiger partial charge in [-0.25, -0.2) is 4.79 Å². The summed E-state index contributed by atoms with van der Waals surface area (Å²) in [5.74, 6) is -2.03. The van der Waals surface area contributed by atoms with Crippen LogP contribution in [-0.2, 0) is 33.4 Å². The fourth-order valence-corrected chi connectivity index (χ4v) is 7.58. The summed E-state index contributed by atoms with van der Waals surface area (Å²) in [6.07, 6.45) is 12.4. The topological polar surface area (TPSA) is 113 Å². The van der Waals surface area contributed by atoms with Crippen LogP contribution in [-0.4, -0.2) is 65.2 Å². The van der Waals surface area contributed by atoms with Gasteiger partial charge in [-0.3, -0.25) is 4.79 Å². The molecule has 9 atom stereocenters. The van der Waals surface area contributed by atoms with Crippen LogP contribution in [0.3, 0.4) is 0 Å². The molecule has 5 aliphatic rings. The summed E-state index contributed by atoms with van der Waals surface area (Å²) in [4.78, 5) is 30.7. The molecule has 0 amide bonds. The Morgan fingerprint density at radius 1 is 1.18 bits per heavy atom. The number of carbonyl (C=O) groups excluding carboxylic acids is 2. The molecular formula is C35H49NO8. The standard InChI is InChI=1S/C35H49NO8/c1-20(2)31-23(5)13-14-34(43-31)18-28-17-27(42-34)12-11-22(4)15-21(3)9-8-10-26-19-40-32-30(36-44-25(7)37)24(6)16-29(33(38)41-28)35(26,32)39/h8-11,16,20-21,23,27-29,31-32,39H,12-15,17-19H2,1-7H3/b9-8+,22-11+,26-10+,36-30-/t21-,23-,27+,28-,29-,31+,32+,34+,35+/m0/s1. The molecule has 3 saturated heterocycles. The first-order valence-electron chi connectivity index (χ1n) is 16.2. The van der Waals surface area contributed by atoms with Gasteiger partial charge in [0.25, 0.3) is 0 Å². The molecule has 0 radical (unpaired) electrons. The lowest BCUT2D eigenvalue weighted by molar-refractivity contribution is -0.340. The molecule has 0 aromatic carbocycles. The number of esters is 1. The Labute approximate surface area is 261 Å². The van der Waals surface area contributed by atoms with Crippen LogP contribution in [0.25, 0.3) is 0 Å². The van der Waals surface area contributed by atoms with Crippen LogP contribution in [0.1, 0.15) is 87.0 Å². The van der Waals surface area contributed by atoms with Crippen LogP contribution in [0, 0.1) is 23.7 Å². The van der Waals surface area contributed by atoms with Crippen molar-refractivity contribution in [2.45, 2.75) is 123 Å². The second-order valence-electron chi connectivity index (χ2n) is 13.9. The minimum absolute atomic E-state index is 0.0466. The van der Waals surface area contributed by atoms with Gasteiger partial charge in [0.05, 0.1) is 18.8 Å². The first-order chi connectivity index (χ1) is 20.8. The minimum Gasteiger partial charge on any atom is -0.462 e. The van der Waals surface area contributed by atoms with Gasteiger partial charge in [0, 0.05) is 26.2 Å². The summed E-state index contributed by atoms with van der Waals surface area (Å²) >= 11 is 0. The van der Waals surface area contributed by atoms with Gasteiger partial charge in [-0.15, -0.1) is 0 Å². The Bertz CT molecular complexity index is 1280. The molecule has 3 fully saturated rings. The van der Waals surface area contributed by atoms with Crippen LogP contribution >= 0.6 is 0 Å². The summed E-state index contributed by atoms with van der Waals surface area (Å²) in [5, 5.41) is 16.4. The van der Waals surface area contributed by atoms with E-state index in [1.807, 2.05) is 12.2 Å². The van der Waals surface area contributed by atoms with Gasteiger partial charge >= 0.3 is 11.9 Å². The van der Waals surface area contributed by atoms with E-state index in [9.17, 15) is 14.7 Å². The molecule has 242 valence electrons. The average molecular weight is 612 g/mol. The Morgan fingerprint density at radius 2 is 1.95 bits per heavy atom. The first-order valence-corrected chi connectivity index (χ1v) is 16.2. The smallest absolute Gasteiger partial charge is 0.331 e. The lowest BCUT2D eigenvalue weighted by Gasteiger charge is -2.50. The Kier molecular flexibility index (Phi) is 9.71. The number of allylic oxidation sites excluding steroid dienone is 4. The van der Waals surface area contributed by atoms with E-state index >= 15 is 0 Å². The van der Waals surface area contributed by atoms with Crippen molar-refractivity contribution in [2.24, 2.45) is 28.8 Å². The third kappa shape index (κ3) is 6.66. The number of ether oxygens (including phenoxy) is 4. The van der Waals surface area contributed by atoms with Crippen molar-refractivity contribution in [1.29, 1.82) is 0 Å². The largest absolute Gasteiger partial charge is 0.462 e. The number of aliphatic hydroxyl groups is 1. The molecule has 5 rings (SSSR count). The molecule has 0 saturated carbocycles. The maximum Gasteiger partial charge on any atom is 0.331 e. The molecule has 1 aliphatic carbocycles. The molecule has 9 nitrogen and oxygen atoms in total. The van der Waals surface area contributed by atoms with Crippen LogP contribution in [0.4, 0.5) is 0 Å². The predicted molar refractivity (Wildman–Crippen MR) is 165 cm³/mol.